The molecule has 0 aliphatic carbocycles. The first kappa shape index (κ1) is 6.79. The predicted molar refractivity (Wildman–Crippen MR) is 37.5 cm³/mol. The molecule has 3 heteroatoms. The molecule has 0 amide bonds. The molecule has 38 valence electrons. The summed E-state index contributed by atoms with van der Waals surface area (Å²) in [5, 5.41) is 0. The first-order valence-corrected chi connectivity index (χ1v) is 2.04. The summed E-state index contributed by atoms with van der Waals surface area (Å²) >= 11 is 4.68. The number of aliphatic imine (C=N–C) groups is 1. The van der Waals surface area contributed by atoms with E-state index >= 15 is 0 Å². The smallest absolute Gasteiger partial charge is 0.0575 e. The minimum Gasteiger partial charge on any atom is -0.263 e. The Morgan fingerprint density at radius 3 is 2.43 bits per heavy atom. The Kier molecular flexibility index (Phi) is 2.79. The summed E-state index contributed by atoms with van der Waals surface area (Å²) in [6, 6.07) is 0. The first-order chi connectivity index (χ1) is 2.89. The molecule has 0 radical (unpaired) electrons. The van der Waals surface area contributed by atoms with Crippen LogP contribution in [0.4, 0.5) is 0 Å². The highest BCUT2D eigenvalue weighted by molar-refractivity contribution is 7.82. The highest BCUT2D eigenvalue weighted by Crippen LogP contribution is 1.86. The summed E-state index contributed by atoms with van der Waals surface area (Å²) in [6.45, 7) is 0. The molecule has 1 nitrogen and oxygen atoms in total. The number of hydrogen-bond acceptors (Lipinski definition) is 2. The van der Waals surface area contributed by atoms with Crippen LogP contribution in [-0.4, -0.2) is 11.1 Å². The molecule has 0 spiro atoms. The number of allylic oxidation sites excluding steroid dienone is 1. The molecule has 0 unspecified atom stereocenters. The lowest BCUT2D eigenvalue weighted by molar-refractivity contribution is 1.65. The van der Waals surface area contributed by atoms with Crippen LogP contribution in [0, 0.1) is 0 Å². The fourth-order valence-electron chi connectivity index (χ4n) is 0.276. The molecule has 1 heterocycles. The summed E-state index contributed by atoms with van der Waals surface area (Å²) in [7, 11) is 0. The molecule has 0 bridgehead atoms. The molecular weight excluding hydrogens is 130 g/mol. The van der Waals surface area contributed by atoms with E-state index < -0.39 is 0 Å². The average Bonchev–Trinajstić information content (AvgIpc) is 1.86. The second kappa shape index (κ2) is 2.88. The monoisotopic (exact) mass is 133 g/mol. The lowest BCUT2D eigenvalue weighted by atomic mass is 10.5. The Balaban J connectivity index is 0.000000360. The lowest BCUT2D eigenvalue weighted by Gasteiger charge is -1.64. The standard InChI is InChI=1S/C4H3NS.ClH/c6-4-1-2-5-3-4;/h1-3H;1H. The van der Waals surface area contributed by atoms with E-state index in [4.69, 9.17) is 0 Å². The Labute approximate surface area is 53.5 Å². The van der Waals surface area contributed by atoms with Gasteiger partial charge >= 0.3 is 0 Å². The van der Waals surface area contributed by atoms with Crippen molar-refractivity contribution in [1.29, 1.82) is 0 Å². The van der Waals surface area contributed by atoms with E-state index in [2.05, 4.69) is 17.2 Å². The van der Waals surface area contributed by atoms with Crippen LogP contribution in [0.2, 0.25) is 0 Å². The Bertz CT molecular complexity index is 114. The van der Waals surface area contributed by atoms with Gasteiger partial charge in [0, 0.05) is 12.4 Å². The molecule has 1 aliphatic heterocycles. The second-order valence-corrected chi connectivity index (χ2v) is 1.47. The van der Waals surface area contributed by atoms with Crippen molar-refractivity contribution in [2.45, 2.75) is 0 Å². The largest absolute Gasteiger partial charge is 0.263 e. The van der Waals surface area contributed by atoms with Crippen molar-refractivity contribution in [2.24, 2.45) is 4.99 Å². The Hall–Kier alpha value is -0.210. The molecule has 0 saturated heterocycles. The highest BCUT2D eigenvalue weighted by Gasteiger charge is 1.85. The molecule has 0 aromatic carbocycles. The van der Waals surface area contributed by atoms with Gasteiger partial charge in [0.05, 0.1) is 4.86 Å². The minimum absolute atomic E-state index is 0. The van der Waals surface area contributed by atoms with Gasteiger partial charge in [-0.25, -0.2) is 0 Å². The zero-order chi connectivity index (χ0) is 4.41. The van der Waals surface area contributed by atoms with E-state index in [0.717, 1.165) is 4.86 Å². The number of halogens is 1. The van der Waals surface area contributed by atoms with Gasteiger partial charge in [0.15, 0.2) is 0 Å². The van der Waals surface area contributed by atoms with Crippen molar-refractivity contribution in [3.8, 4) is 0 Å². The SMILES string of the molecule is Cl.S=C1C=CN=C1. The number of rotatable bonds is 0. The van der Waals surface area contributed by atoms with Gasteiger partial charge in [-0.2, -0.15) is 0 Å². The minimum atomic E-state index is 0. The number of thiocarbonyl (C=S) groups is 1. The molecule has 0 aromatic rings. The van der Waals surface area contributed by atoms with Crippen LogP contribution in [0.15, 0.2) is 17.3 Å². The van der Waals surface area contributed by atoms with E-state index in [0.29, 0.717) is 0 Å². The van der Waals surface area contributed by atoms with Gasteiger partial charge < -0.3 is 0 Å². The predicted octanol–water partition coefficient (Wildman–Crippen LogP) is 1.38. The Morgan fingerprint density at radius 1 is 1.57 bits per heavy atom. The second-order valence-electron chi connectivity index (χ2n) is 0.996. The van der Waals surface area contributed by atoms with Crippen LogP contribution in [-0.2, 0) is 0 Å². The van der Waals surface area contributed by atoms with Gasteiger partial charge in [-0.1, -0.05) is 12.2 Å². The molecule has 0 atom stereocenters. The third-order valence-corrected chi connectivity index (χ3v) is 0.768. The van der Waals surface area contributed by atoms with Gasteiger partial charge in [-0.05, 0) is 6.08 Å². The summed E-state index contributed by atoms with van der Waals surface area (Å²) in [5.74, 6) is 0. The van der Waals surface area contributed by atoms with Crippen molar-refractivity contribution in [3.05, 3.63) is 12.3 Å². The first-order valence-electron chi connectivity index (χ1n) is 1.63. The van der Waals surface area contributed by atoms with Crippen LogP contribution in [0.1, 0.15) is 0 Å². The normalized spacial score (nSPS) is 14.6. The van der Waals surface area contributed by atoms with Gasteiger partial charge in [0.25, 0.3) is 0 Å². The van der Waals surface area contributed by atoms with Crippen molar-refractivity contribution >= 4 is 35.7 Å². The maximum Gasteiger partial charge on any atom is 0.0575 e. The zero-order valence-electron chi connectivity index (χ0n) is 3.50. The maximum absolute atomic E-state index is 4.68. The van der Waals surface area contributed by atoms with Gasteiger partial charge in [0.2, 0.25) is 0 Å². The van der Waals surface area contributed by atoms with Crippen LogP contribution in [0.25, 0.3) is 0 Å². The average molecular weight is 134 g/mol. The summed E-state index contributed by atoms with van der Waals surface area (Å²) in [5.41, 5.74) is 0. The van der Waals surface area contributed by atoms with E-state index in [1.54, 1.807) is 18.5 Å². The molecule has 0 aromatic heterocycles. The molecular formula is C4H4ClNS. The van der Waals surface area contributed by atoms with Crippen molar-refractivity contribution < 1.29 is 0 Å². The van der Waals surface area contributed by atoms with Crippen molar-refractivity contribution in [1.82, 2.24) is 0 Å². The van der Waals surface area contributed by atoms with E-state index in [9.17, 15) is 0 Å². The molecule has 0 saturated carbocycles. The molecule has 1 rings (SSSR count). The fourth-order valence-corrected chi connectivity index (χ4v) is 0.398. The van der Waals surface area contributed by atoms with Crippen LogP contribution < -0.4 is 0 Å². The summed E-state index contributed by atoms with van der Waals surface area (Å²) in [6.07, 6.45) is 5.12. The maximum atomic E-state index is 4.68. The molecule has 7 heavy (non-hydrogen) atoms. The molecule has 0 fully saturated rings. The highest BCUT2D eigenvalue weighted by atomic mass is 35.5. The van der Waals surface area contributed by atoms with Crippen LogP contribution >= 0.6 is 24.6 Å². The number of nitrogens with zero attached hydrogens (tertiary/aromatic N) is 1. The van der Waals surface area contributed by atoms with E-state index in [-0.39, 0.29) is 12.4 Å². The van der Waals surface area contributed by atoms with Crippen LogP contribution in [0.3, 0.4) is 0 Å². The lowest BCUT2D eigenvalue weighted by Crippen LogP contribution is -1.79. The fraction of sp³-hybridized carbons (Fsp3) is 0. The Morgan fingerprint density at radius 2 is 2.29 bits per heavy atom. The van der Waals surface area contributed by atoms with Gasteiger partial charge in [-0.15, -0.1) is 12.4 Å². The van der Waals surface area contributed by atoms with Crippen molar-refractivity contribution in [3.63, 3.8) is 0 Å². The zero-order valence-corrected chi connectivity index (χ0v) is 5.13. The summed E-state index contributed by atoms with van der Waals surface area (Å²) < 4.78 is 0. The van der Waals surface area contributed by atoms with Gasteiger partial charge in [-0.3, -0.25) is 4.99 Å². The molecule has 0 N–H and O–H groups in total. The van der Waals surface area contributed by atoms with Gasteiger partial charge in [0.1, 0.15) is 0 Å². The summed E-state index contributed by atoms with van der Waals surface area (Å²) in [4.78, 5) is 4.53. The third kappa shape index (κ3) is 1.80. The topological polar surface area (TPSA) is 12.4 Å². The van der Waals surface area contributed by atoms with E-state index in [1.807, 2.05) is 0 Å². The van der Waals surface area contributed by atoms with E-state index in [1.165, 1.54) is 0 Å². The third-order valence-electron chi connectivity index (χ3n) is 0.527. The molecule has 1 aliphatic rings. The number of hydrogen-bond donors (Lipinski definition) is 0. The van der Waals surface area contributed by atoms with Crippen molar-refractivity contribution in [2.75, 3.05) is 0 Å². The van der Waals surface area contributed by atoms with Crippen LogP contribution in [0.5, 0.6) is 0 Å². The quantitative estimate of drug-likeness (QED) is 0.455.